The number of anilines is 1. The van der Waals surface area contributed by atoms with E-state index < -0.39 is 0 Å². The van der Waals surface area contributed by atoms with E-state index in [9.17, 15) is 0 Å². The van der Waals surface area contributed by atoms with Crippen LogP contribution in [0.25, 0.3) is 11.3 Å². The van der Waals surface area contributed by atoms with Crippen molar-refractivity contribution in [2.75, 3.05) is 5.73 Å². The third-order valence-corrected chi connectivity index (χ3v) is 4.45. The Bertz CT molecular complexity index is 616. The maximum Gasteiger partial charge on any atom is 0.119 e. The minimum Gasteiger partial charge on any atom is -0.396 e. The lowest BCUT2D eigenvalue weighted by Gasteiger charge is -2.21. The zero-order valence-electron chi connectivity index (χ0n) is 12.6. The van der Waals surface area contributed by atoms with Crippen LogP contribution < -0.4 is 5.73 Å². The number of nitrogen functional groups attached to an aromatic ring is 1. The highest BCUT2D eigenvalue weighted by molar-refractivity contribution is 5.75. The van der Waals surface area contributed by atoms with Gasteiger partial charge in [-0.15, -0.1) is 0 Å². The summed E-state index contributed by atoms with van der Waals surface area (Å²) in [6, 6.07) is 0.511. The molecule has 0 radical (unpaired) electrons. The van der Waals surface area contributed by atoms with Crippen LogP contribution in [0.4, 0.5) is 5.69 Å². The van der Waals surface area contributed by atoms with Crippen LogP contribution in [-0.4, -0.2) is 19.6 Å². The fourth-order valence-corrected chi connectivity index (χ4v) is 3.25. The van der Waals surface area contributed by atoms with Gasteiger partial charge in [-0.25, -0.2) is 0 Å². The summed E-state index contributed by atoms with van der Waals surface area (Å²) in [4.78, 5) is 0. The second-order valence-corrected chi connectivity index (χ2v) is 5.87. The molecule has 1 saturated carbocycles. The molecule has 1 aliphatic carbocycles. The first-order chi connectivity index (χ1) is 9.58. The van der Waals surface area contributed by atoms with E-state index in [0.717, 1.165) is 28.3 Å². The summed E-state index contributed by atoms with van der Waals surface area (Å²) in [5.41, 5.74) is 11.0. The lowest BCUT2D eigenvalue weighted by molar-refractivity contribution is 0.330. The molecule has 2 N–H and O–H groups in total. The Hall–Kier alpha value is -1.78. The molecule has 0 aliphatic heterocycles. The number of hydrogen-bond donors (Lipinski definition) is 1. The van der Waals surface area contributed by atoms with E-state index in [2.05, 4.69) is 16.7 Å². The molecular weight excluding hydrogens is 250 g/mol. The molecule has 0 atom stereocenters. The largest absolute Gasteiger partial charge is 0.396 e. The topological polar surface area (TPSA) is 61.7 Å². The van der Waals surface area contributed by atoms with Gasteiger partial charge in [-0.2, -0.15) is 10.2 Å². The molecule has 2 heterocycles. The molecule has 0 bridgehead atoms. The van der Waals surface area contributed by atoms with Gasteiger partial charge in [0.1, 0.15) is 5.69 Å². The predicted molar refractivity (Wildman–Crippen MR) is 80.4 cm³/mol. The number of nitrogens with two attached hydrogens (primary N) is 1. The van der Waals surface area contributed by atoms with E-state index in [1.807, 2.05) is 24.9 Å². The van der Waals surface area contributed by atoms with Crippen molar-refractivity contribution in [2.24, 2.45) is 7.05 Å². The summed E-state index contributed by atoms with van der Waals surface area (Å²) in [7, 11) is 1.96. The first-order valence-electron chi connectivity index (χ1n) is 7.43. The highest BCUT2D eigenvalue weighted by Crippen LogP contribution is 2.33. The molecular formula is C15H23N5. The van der Waals surface area contributed by atoms with Crippen LogP contribution in [0.1, 0.15) is 49.5 Å². The first-order valence-corrected chi connectivity index (χ1v) is 7.43. The highest BCUT2D eigenvalue weighted by atomic mass is 15.3. The van der Waals surface area contributed by atoms with E-state index in [1.54, 1.807) is 0 Å². The maximum atomic E-state index is 6.21. The van der Waals surface area contributed by atoms with Crippen molar-refractivity contribution in [3.05, 3.63) is 17.6 Å². The molecule has 2 aromatic heterocycles. The summed E-state index contributed by atoms with van der Waals surface area (Å²) in [6.45, 7) is 4.08. The summed E-state index contributed by atoms with van der Waals surface area (Å²) >= 11 is 0. The number of hydrogen-bond acceptors (Lipinski definition) is 3. The van der Waals surface area contributed by atoms with E-state index in [1.165, 1.54) is 32.1 Å². The zero-order chi connectivity index (χ0) is 14.3. The third kappa shape index (κ3) is 2.11. The zero-order valence-corrected chi connectivity index (χ0v) is 12.6. The fourth-order valence-electron chi connectivity index (χ4n) is 3.25. The molecule has 0 amide bonds. The van der Waals surface area contributed by atoms with Crippen LogP contribution in [0.15, 0.2) is 6.20 Å². The molecule has 5 heteroatoms. The van der Waals surface area contributed by atoms with E-state index >= 15 is 0 Å². The van der Waals surface area contributed by atoms with Crippen molar-refractivity contribution in [1.29, 1.82) is 0 Å². The molecule has 1 fully saturated rings. The minimum absolute atomic E-state index is 0.511. The van der Waals surface area contributed by atoms with Crippen LogP contribution in [0.3, 0.4) is 0 Å². The fraction of sp³-hybridized carbons (Fsp3) is 0.600. The van der Waals surface area contributed by atoms with E-state index in [4.69, 9.17) is 10.8 Å². The molecule has 3 rings (SSSR count). The number of aryl methyl sites for hydroxylation is 2. The normalized spacial score (nSPS) is 16.8. The summed E-state index contributed by atoms with van der Waals surface area (Å²) in [5, 5.41) is 9.24. The van der Waals surface area contributed by atoms with Gasteiger partial charge in [-0.05, 0) is 26.7 Å². The second-order valence-electron chi connectivity index (χ2n) is 5.87. The molecule has 0 saturated heterocycles. The monoisotopic (exact) mass is 273 g/mol. The smallest absolute Gasteiger partial charge is 0.119 e. The molecule has 2 aromatic rings. The van der Waals surface area contributed by atoms with Crippen molar-refractivity contribution in [3.63, 3.8) is 0 Å². The maximum absolute atomic E-state index is 6.21. The van der Waals surface area contributed by atoms with Gasteiger partial charge < -0.3 is 5.73 Å². The molecule has 1 aliphatic rings. The van der Waals surface area contributed by atoms with Gasteiger partial charge in [0.15, 0.2) is 0 Å². The Kier molecular flexibility index (Phi) is 3.28. The quantitative estimate of drug-likeness (QED) is 0.915. The third-order valence-electron chi connectivity index (χ3n) is 4.45. The first kappa shape index (κ1) is 13.2. The average molecular weight is 273 g/mol. The Morgan fingerprint density at radius 3 is 2.45 bits per heavy atom. The van der Waals surface area contributed by atoms with Gasteiger partial charge in [0.05, 0.1) is 17.4 Å². The van der Waals surface area contributed by atoms with Gasteiger partial charge in [0.25, 0.3) is 0 Å². The van der Waals surface area contributed by atoms with Crippen molar-refractivity contribution in [3.8, 4) is 11.3 Å². The molecule has 5 nitrogen and oxygen atoms in total. The van der Waals surface area contributed by atoms with Gasteiger partial charge in [-0.1, -0.05) is 19.3 Å². The number of rotatable bonds is 2. The molecule has 20 heavy (non-hydrogen) atoms. The summed E-state index contributed by atoms with van der Waals surface area (Å²) < 4.78 is 3.97. The molecule has 108 valence electrons. The van der Waals surface area contributed by atoms with Gasteiger partial charge in [0, 0.05) is 24.5 Å². The second kappa shape index (κ2) is 4.96. The van der Waals surface area contributed by atoms with Gasteiger partial charge >= 0.3 is 0 Å². The van der Waals surface area contributed by atoms with Gasteiger partial charge in [-0.3, -0.25) is 9.36 Å². The van der Waals surface area contributed by atoms with Gasteiger partial charge in [0.2, 0.25) is 0 Å². The average Bonchev–Trinajstić information content (AvgIpc) is 2.92. The van der Waals surface area contributed by atoms with Crippen LogP contribution in [0.2, 0.25) is 0 Å². The SMILES string of the molecule is Cc1nn(C)c(C)c1-c1nn(C2CCCCC2)cc1N. The molecule has 0 spiro atoms. The van der Waals surface area contributed by atoms with Crippen molar-refractivity contribution in [1.82, 2.24) is 19.6 Å². The lowest BCUT2D eigenvalue weighted by atomic mass is 9.96. The molecule has 0 aromatic carbocycles. The Balaban J connectivity index is 2.00. The lowest BCUT2D eigenvalue weighted by Crippen LogP contribution is -2.13. The highest BCUT2D eigenvalue weighted by Gasteiger charge is 2.21. The summed E-state index contributed by atoms with van der Waals surface area (Å²) in [6.07, 6.45) is 8.37. The molecule has 0 unspecified atom stereocenters. The van der Waals surface area contributed by atoms with E-state index in [-0.39, 0.29) is 0 Å². The number of nitrogens with zero attached hydrogens (tertiary/aromatic N) is 4. The Morgan fingerprint density at radius 2 is 1.85 bits per heavy atom. The van der Waals surface area contributed by atoms with Crippen LogP contribution in [-0.2, 0) is 7.05 Å². The standard InChI is InChI=1S/C15H23N5/c1-10-14(11(2)19(3)17-10)15-13(16)9-20(18-15)12-7-5-4-6-8-12/h9,12H,4-8,16H2,1-3H3. The minimum atomic E-state index is 0.511. The van der Waals surface area contributed by atoms with Crippen LogP contribution >= 0.6 is 0 Å². The van der Waals surface area contributed by atoms with E-state index in [0.29, 0.717) is 6.04 Å². The summed E-state index contributed by atoms with van der Waals surface area (Å²) in [5.74, 6) is 0. The van der Waals surface area contributed by atoms with Crippen molar-refractivity contribution < 1.29 is 0 Å². The number of aromatic nitrogens is 4. The van der Waals surface area contributed by atoms with Crippen LogP contribution in [0.5, 0.6) is 0 Å². The van der Waals surface area contributed by atoms with Crippen molar-refractivity contribution in [2.45, 2.75) is 52.0 Å². The Labute approximate surface area is 119 Å². The predicted octanol–water partition coefficient (Wildman–Crippen LogP) is 2.99. The Morgan fingerprint density at radius 1 is 1.15 bits per heavy atom. The van der Waals surface area contributed by atoms with Crippen LogP contribution in [0, 0.1) is 13.8 Å². The van der Waals surface area contributed by atoms with Crippen molar-refractivity contribution >= 4 is 5.69 Å².